The molecule has 2 amide bonds. The molecule has 27 heavy (non-hydrogen) atoms. The number of amidine groups is 1. The number of carbonyl (C=O) groups is 2. The van der Waals surface area contributed by atoms with Crippen LogP contribution in [-0.4, -0.2) is 49.6 Å². The predicted molar refractivity (Wildman–Crippen MR) is 92.4 cm³/mol. The van der Waals surface area contributed by atoms with Crippen LogP contribution in [0.2, 0.25) is 0 Å². The van der Waals surface area contributed by atoms with Gasteiger partial charge in [0.2, 0.25) is 5.91 Å². The number of nitrogens with one attached hydrogen (secondary N) is 1. The first-order valence-electron chi connectivity index (χ1n) is 7.35. The van der Waals surface area contributed by atoms with Crippen molar-refractivity contribution in [2.24, 2.45) is 16.3 Å². The third kappa shape index (κ3) is 14.5. The quantitative estimate of drug-likeness (QED) is 0.139. The SMILES string of the molecule is CCCC(C)C1(CC)C(=O)N=C([O-])NC1=O.CO.O=[PH](O)O.O=[PH](O)O.[Na+]. The van der Waals surface area contributed by atoms with Crippen LogP contribution in [0.1, 0.15) is 40.0 Å². The van der Waals surface area contributed by atoms with Crippen molar-refractivity contribution >= 4 is 34.3 Å². The van der Waals surface area contributed by atoms with Crippen LogP contribution < -0.4 is 40.0 Å². The summed E-state index contributed by atoms with van der Waals surface area (Å²) in [5, 5.41) is 20.1. The van der Waals surface area contributed by atoms with Gasteiger partial charge in [0.25, 0.3) is 5.91 Å². The molecule has 6 N–H and O–H groups in total. The van der Waals surface area contributed by atoms with Gasteiger partial charge in [-0.15, -0.1) is 0 Å². The van der Waals surface area contributed by atoms with Gasteiger partial charge >= 0.3 is 46.1 Å². The molecular weight excluding hydrogens is 417 g/mol. The maximum absolute atomic E-state index is 11.9. The summed E-state index contributed by atoms with van der Waals surface area (Å²) in [7, 11) is -5.26. The summed E-state index contributed by atoms with van der Waals surface area (Å²) < 4.78 is 17.5. The summed E-state index contributed by atoms with van der Waals surface area (Å²) in [6.07, 6.45) is 2.02. The first kappa shape index (κ1) is 34.4. The van der Waals surface area contributed by atoms with Gasteiger partial charge in [0.05, 0.1) is 6.02 Å². The number of nitrogens with zero attached hydrogens (tertiary/aromatic N) is 1. The largest absolute Gasteiger partial charge is 1.00 e. The fourth-order valence-electron chi connectivity index (χ4n) is 2.30. The third-order valence-electron chi connectivity index (χ3n) is 3.33. The number of hydrogen-bond acceptors (Lipinski definition) is 6. The van der Waals surface area contributed by atoms with Gasteiger partial charge in [0.15, 0.2) is 0 Å². The van der Waals surface area contributed by atoms with Crippen molar-refractivity contribution in [1.29, 1.82) is 0 Å². The second-order valence-electron chi connectivity index (χ2n) is 4.76. The normalized spacial score (nSPS) is 19.0. The summed E-state index contributed by atoms with van der Waals surface area (Å²) in [6.45, 7) is 5.62. The number of hydrogen-bond donors (Lipinski definition) is 6. The average Bonchev–Trinajstić information content (AvgIpc) is 2.48. The molecule has 12 nitrogen and oxygen atoms in total. The molecule has 0 bridgehead atoms. The van der Waals surface area contributed by atoms with Crippen LogP contribution >= 0.6 is 16.5 Å². The van der Waals surface area contributed by atoms with Crippen molar-refractivity contribution in [3.8, 4) is 0 Å². The molecule has 0 aromatic carbocycles. The van der Waals surface area contributed by atoms with E-state index in [-0.39, 0.29) is 35.5 Å². The Kier molecular flexibility index (Phi) is 24.4. The Morgan fingerprint density at radius 2 is 1.48 bits per heavy atom. The summed E-state index contributed by atoms with van der Waals surface area (Å²) >= 11 is 0. The smallest absolute Gasteiger partial charge is 0.846 e. The van der Waals surface area contributed by atoms with Gasteiger partial charge in [0.1, 0.15) is 5.41 Å². The zero-order valence-corrected chi connectivity index (χ0v) is 19.9. The molecule has 156 valence electrons. The summed E-state index contributed by atoms with van der Waals surface area (Å²) in [5.41, 5.74) is -1.15. The summed E-state index contributed by atoms with van der Waals surface area (Å²) in [6, 6.07) is -0.845. The summed E-state index contributed by atoms with van der Waals surface area (Å²) in [5.74, 6) is -1.20. The molecule has 0 radical (unpaired) electrons. The minimum atomic E-state index is -3.13. The van der Waals surface area contributed by atoms with Crippen molar-refractivity contribution in [3.05, 3.63) is 0 Å². The number of rotatable bonds is 4. The molecule has 15 heteroatoms. The van der Waals surface area contributed by atoms with Crippen LogP contribution in [-0.2, 0) is 18.7 Å². The average molecular weight is 444 g/mol. The van der Waals surface area contributed by atoms with Crippen molar-refractivity contribution in [2.45, 2.75) is 40.0 Å². The Morgan fingerprint density at radius 3 is 1.74 bits per heavy atom. The number of aliphatic hydroxyl groups is 1. The zero-order valence-electron chi connectivity index (χ0n) is 15.9. The van der Waals surface area contributed by atoms with Gasteiger partial charge in [-0.2, -0.15) is 0 Å². The van der Waals surface area contributed by atoms with E-state index in [2.05, 4.69) is 10.3 Å². The van der Waals surface area contributed by atoms with Crippen LogP contribution in [0.4, 0.5) is 0 Å². The molecule has 0 spiro atoms. The molecule has 2 atom stereocenters. The van der Waals surface area contributed by atoms with Crippen molar-refractivity contribution in [2.75, 3.05) is 7.11 Å². The molecule has 0 aromatic heterocycles. The number of aliphatic hydroxyl groups excluding tert-OH is 1. The molecule has 2 unspecified atom stereocenters. The van der Waals surface area contributed by atoms with Gasteiger partial charge in [0, 0.05) is 7.11 Å². The van der Waals surface area contributed by atoms with Gasteiger partial charge in [-0.25, -0.2) is 4.99 Å². The maximum Gasteiger partial charge on any atom is 1.00 e. The first-order chi connectivity index (χ1) is 11.9. The molecular formula is C12H27N2NaO10P2. The van der Waals surface area contributed by atoms with Gasteiger partial charge in [-0.3, -0.25) is 18.7 Å². The van der Waals surface area contributed by atoms with E-state index in [1.807, 2.05) is 13.8 Å². The van der Waals surface area contributed by atoms with Crippen molar-refractivity contribution < 1.29 is 78.1 Å². The molecule has 0 saturated carbocycles. The van der Waals surface area contributed by atoms with E-state index in [9.17, 15) is 14.7 Å². The standard InChI is InChI=1S/C11H18N2O3.CH4O.Na.2H3O3P/c1-4-6-7(3)11(5-2)8(14)12-10(16)13-9(11)15;1-2;;2*1-4(2)3/h7H,4-6H2,1-3H3,(H2,12,13,14,15,16);2H,1H3;;2*4H,(H2,1,2,3)/q;;+1;;/p-1. The van der Waals surface area contributed by atoms with Gasteiger partial charge in [-0.1, -0.05) is 27.2 Å². The van der Waals surface area contributed by atoms with E-state index in [1.54, 1.807) is 6.92 Å². The molecule has 0 saturated heterocycles. The molecule has 1 aliphatic heterocycles. The van der Waals surface area contributed by atoms with Crippen LogP contribution in [0.25, 0.3) is 0 Å². The fraction of sp³-hybridized carbons (Fsp3) is 0.750. The van der Waals surface area contributed by atoms with Crippen molar-refractivity contribution in [3.63, 3.8) is 0 Å². The molecule has 0 fully saturated rings. The second-order valence-corrected chi connectivity index (χ2v) is 5.89. The van der Waals surface area contributed by atoms with Crippen LogP contribution in [0.5, 0.6) is 0 Å². The predicted octanol–water partition coefficient (Wildman–Crippen LogP) is -4.47. The Balaban J connectivity index is -0.000000202. The molecule has 1 rings (SSSR count). The molecule has 1 heterocycles. The number of aliphatic imine (C=N–C) groups is 1. The van der Waals surface area contributed by atoms with E-state index in [1.165, 1.54) is 0 Å². The number of carbonyl (C=O) groups excluding carboxylic acids is 2. The number of amides is 2. The van der Waals surface area contributed by atoms with Gasteiger partial charge in [-0.05, 0) is 18.8 Å². The Bertz CT molecular complexity index is 500. The topological polar surface area (TPSA) is 217 Å². The third-order valence-corrected chi connectivity index (χ3v) is 3.33. The minimum Gasteiger partial charge on any atom is -0.846 e. The fourth-order valence-corrected chi connectivity index (χ4v) is 2.30. The monoisotopic (exact) mass is 444 g/mol. The first-order valence-corrected chi connectivity index (χ1v) is 9.96. The molecule has 0 aliphatic carbocycles. The van der Waals surface area contributed by atoms with Crippen LogP contribution in [0.3, 0.4) is 0 Å². The van der Waals surface area contributed by atoms with Crippen LogP contribution in [0, 0.1) is 11.3 Å². The van der Waals surface area contributed by atoms with Crippen molar-refractivity contribution in [1.82, 2.24) is 5.32 Å². The van der Waals surface area contributed by atoms with E-state index in [4.69, 9.17) is 33.8 Å². The maximum atomic E-state index is 11.9. The molecule has 1 aliphatic rings. The minimum absolute atomic E-state index is 0. The molecule has 0 aromatic rings. The Labute approximate surface area is 180 Å². The summed E-state index contributed by atoms with van der Waals surface area (Å²) in [4.78, 5) is 55.7. The van der Waals surface area contributed by atoms with E-state index < -0.39 is 39.8 Å². The van der Waals surface area contributed by atoms with Gasteiger partial charge < -0.3 is 35.1 Å². The van der Waals surface area contributed by atoms with E-state index >= 15 is 0 Å². The van der Waals surface area contributed by atoms with E-state index in [0.29, 0.717) is 6.42 Å². The van der Waals surface area contributed by atoms with E-state index in [0.717, 1.165) is 20.0 Å². The Morgan fingerprint density at radius 1 is 1.11 bits per heavy atom. The van der Waals surface area contributed by atoms with Crippen LogP contribution in [0.15, 0.2) is 4.99 Å². The zero-order chi connectivity index (χ0) is 21.5. The second kappa shape index (κ2) is 19.2. The Hall–Kier alpha value is -0.130.